The van der Waals surface area contributed by atoms with Crippen molar-refractivity contribution in [3.63, 3.8) is 0 Å². The fourth-order valence-electron chi connectivity index (χ4n) is 2.88. The van der Waals surface area contributed by atoms with Gasteiger partial charge in [0.15, 0.2) is 4.96 Å². The normalized spacial score (nSPS) is 17.4. The number of nitrogens with zero attached hydrogens (tertiary/aromatic N) is 3. The van der Waals surface area contributed by atoms with Crippen molar-refractivity contribution in [1.29, 1.82) is 0 Å². The Morgan fingerprint density at radius 1 is 1.42 bits per heavy atom. The number of hydrogen-bond donors (Lipinski definition) is 0. The summed E-state index contributed by atoms with van der Waals surface area (Å²) in [6.07, 6.45) is 8.35. The Balaban J connectivity index is 1.78. The zero-order chi connectivity index (χ0) is 13.2. The molecule has 0 unspecified atom stereocenters. The van der Waals surface area contributed by atoms with Gasteiger partial charge in [0, 0.05) is 30.2 Å². The van der Waals surface area contributed by atoms with Gasteiger partial charge < -0.3 is 0 Å². The number of fused-ring (bicyclic) bond motifs is 1. The van der Waals surface area contributed by atoms with Gasteiger partial charge in [-0.3, -0.25) is 14.1 Å². The molecule has 19 heavy (non-hydrogen) atoms. The van der Waals surface area contributed by atoms with Crippen molar-refractivity contribution in [2.24, 2.45) is 0 Å². The first-order valence-corrected chi connectivity index (χ1v) is 7.78. The Bertz CT molecular complexity index is 612. The highest BCUT2D eigenvalue weighted by Crippen LogP contribution is 2.22. The van der Waals surface area contributed by atoms with Gasteiger partial charge in [0.05, 0.1) is 5.69 Å². The zero-order valence-electron chi connectivity index (χ0n) is 11.2. The van der Waals surface area contributed by atoms with Crippen LogP contribution in [0.15, 0.2) is 22.4 Å². The van der Waals surface area contributed by atoms with Gasteiger partial charge in [0.1, 0.15) is 0 Å². The van der Waals surface area contributed by atoms with Crippen molar-refractivity contribution in [2.75, 3.05) is 7.05 Å². The summed E-state index contributed by atoms with van der Waals surface area (Å²) in [5.41, 5.74) is 0.916. The van der Waals surface area contributed by atoms with Crippen molar-refractivity contribution in [3.05, 3.63) is 33.7 Å². The van der Waals surface area contributed by atoms with Crippen LogP contribution in [0.5, 0.6) is 0 Å². The predicted molar refractivity (Wildman–Crippen MR) is 77.7 cm³/mol. The standard InChI is InChI=1S/C14H19N3OS/c1-16(12-5-3-2-4-6-12)10-11-9-13(18)17-7-8-19-14(17)15-11/h7-9,12H,2-6,10H2,1H3. The molecule has 0 saturated heterocycles. The topological polar surface area (TPSA) is 37.6 Å². The maximum absolute atomic E-state index is 11.9. The third kappa shape index (κ3) is 2.72. The largest absolute Gasteiger partial charge is 0.298 e. The molecule has 1 saturated carbocycles. The van der Waals surface area contributed by atoms with E-state index in [2.05, 4.69) is 16.9 Å². The smallest absolute Gasteiger partial charge is 0.258 e. The fourth-order valence-corrected chi connectivity index (χ4v) is 3.61. The summed E-state index contributed by atoms with van der Waals surface area (Å²) < 4.78 is 1.61. The maximum Gasteiger partial charge on any atom is 0.258 e. The molecule has 0 aromatic carbocycles. The molecule has 0 spiro atoms. The van der Waals surface area contributed by atoms with Crippen LogP contribution in [0.4, 0.5) is 0 Å². The molecule has 0 aliphatic heterocycles. The first-order valence-electron chi connectivity index (χ1n) is 6.90. The monoisotopic (exact) mass is 277 g/mol. The van der Waals surface area contributed by atoms with E-state index in [1.807, 2.05) is 5.38 Å². The lowest BCUT2D eigenvalue weighted by Crippen LogP contribution is -2.33. The molecule has 102 valence electrons. The molecular formula is C14H19N3OS. The van der Waals surface area contributed by atoms with Gasteiger partial charge in [0.2, 0.25) is 0 Å². The van der Waals surface area contributed by atoms with Crippen LogP contribution in [-0.2, 0) is 6.54 Å². The molecule has 5 heteroatoms. The van der Waals surface area contributed by atoms with Gasteiger partial charge in [-0.25, -0.2) is 4.98 Å². The Morgan fingerprint density at radius 3 is 3.00 bits per heavy atom. The summed E-state index contributed by atoms with van der Waals surface area (Å²) in [5, 5.41) is 1.90. The highest BCUT2D eigenvalue weighted by Gasteiger charge is 2.18. The molecule has 0 atom stereocenters. The average Bonchev–Trinajstić information content (AvgIpc) is 2.88. The van der Waals surface area contributed by atoms with Gasteiger partial charge in [-0.15, -0.1) is 11.3 Å². The van der Waals surface area contributed by atoms with Gasteiger partial charge in [-0.1, -0.05) is 19.3 Å². The summed E-state index contributed by atoms with van der Waals surface area (Å²) in [4.78, 5) is 19.6. The Labute approximate surface area is 116 Å². The fraction of sp³-hybridized carbons (Fsp3) is 0.571. The van der Waals surface area contributed by atoms with E-state index < -0.39 is 0 Å². The minimum absolute atomic E-state index is 0.0262. The molecule has 2 heterocycles. The lowest BCUT2D eigenvalue weighted by Gasteiger charge is -2.30. The van der Waals surface area contributed by atoms with Crippen LogP contribution in [-0.4, -0.2) is 27.4 Å². The summed E-state index contributed by atoms with van der Waals surface area (Å²) in [5.74, 6) is 0. The highest BCUT2D eigenvalue weighted by molar-refractivity contribution is 7.15. The van der Waals surface area contributed by atoms with Crippen LogP contribution in [0.25, 0.3) is 4.96 Å². The SMILES string of the molecule is CN(Cc1cc(=O)n2ccsc2n1)C1CCCCC1. The molecule has 4 nitrogen and oxygen atoms in total. The first-order chi connectivity index (χ1) is 9.24. The molecule has 0 radical (unpaired) electrons. The minimum atomic E-state index is 0.0262. The van der Waals surface area contributed by atoms with Crippen molar-refractivity contribution in [1.82, 2.24) is 14.3 Å². The first kappa shape index (κ1) is 12.8. The quantitative estimate of drug-likeness (QED) is 0.865. The van der Waals surface area contributed by atoms with Crippen LogP contribution >= 0.6 is 11.3 Å². The van der Waals surface area contributed by atoms with E-state index in [1.165, 1.54) is 43.4 Å². The summed E-state index contributed by atoms with van der Waals surface area (Å²) in [6.45, 7) is 0.772. The van der Waals surface area contributed by atoms with Crippen LogP contribution in [0.3, 0.4) is 0 Å². The van der Waals surface area contributed by atoms with Crippen molar-refractivity contribution >= 4 is 16.3 Å². The summed E-state index contributed by atoms with van der Waals surface area (Å²) in [6, 6.07) is 2.32. The van der Waals surface area contributed by atoms with E-state index >= 15 is 0 Å². The molecule has 0 bridgehead atoms. The number of aromatic nitrogens is 2. The molecule has 0 N–H and O–H groups in total. The lowest BCUT2D eigenvalue weighted by molar-refractivity contribution is 0.183. The van der Waals surface area contributed by atoms with E-state index in [-0.39, 0.29) is 5.56 Å². The summed E-state index contributed by atoms with van der Waals surface area (Å²) in [7, 11) is 2.15. The minimum Gasteiger partial charge on any atom is -0.298 e. The molecule has 1 aliphatic carbocycles. The average molecular weight is 277 g/mol. The van der Waals surface area contributed by atoms with Crippen LogP contribution in [0.1, 0.15) is 37.8 Å². The van der Waals surface area contributed by atoms with Gasteiger partial charge in [-0.2, -0.15) is 0 Å². The Hall–Kier alpha value is -1.20. The number of rotatable bonds is 3. The van der Waals surface area contributed by atoms with Crippen LogP contribution in [0.2, 0.25) is 0 Å². The number of hydrogen-bond acceptors (Lipinski definition) is 4. The van der Waals surface area contributed by atoms with E-state index in [0.717, 1.165) is 17.2 Å². The molecular weight excluding hydrogens is 258 g/mol. The van der Waals surface area contributed by atoms with E-state index in [0.29, 0.717) is 6.04 Å². The second-order valence-corrected chi connectivity index (χ2v) is 6.22. The second kappa shape index (κ2) is 5.43. The maximum atomic E-state index is 11.9. The van der Waals surface area contributed by atoms with Gasteiger partial charge in [0.25, 0.3) is 5.56 Å². The molecule has 2 aromatic rings. The van der Waals surface area contributed by atoms with Crippen molar-refractivity contribution in [2.45, 2.75) is 44.7 Å². The van der Waals surface area contributed by atoms with E-state index in [9.17, 15) is 4.79 Å². The summed E-state index contributed by atoms with van der Waals surface area (Å²) >= 11 is 1.51. The van der Waals surface area contributed by atoms with Crippen molar-refractivity contribution < 1.29 is 0 Å². The molecule has 0 amide bonds. The van der Waals surface area contributed by atoms with E-state index in [4.69, 9.17) is 0 Å². The van der Waals surface area contributed by atoms with E-state index in [1.54, 1.807) is 16.7 Å². The van der Waals surface area contributed by atoms with Crippen molar-refractivity contribution in [3.8, 4) is 0 Å². The predicted octanol–water partition coefficient (Wildman–Crippen LogP) is 2.52. The third-order valence-corrected chi connectivity index (χ3v) is 4.72. The third-order valence-electron chi connectivity index (χ3n) is 3.97. The van der Waals surface area contributed by atoms with Gasteiger partial charge >= 0.3 is 0 Å². The van der Waals surface area contributed by atoms with Gasteiger partial charge in [-0.05, 0) is 19.9 Å². The molecule has 3 rings (SSSR count). The Morgan fingerprint density at radius 2 is 2.21 bits per heavy atom. The molecule has 1 aliphatic rings. The lowest BCUT2D eigenvalue weighted by atomic mass is 9.94. The zero-order valence-corrected chi connectivity index (χ0v) is 12.0. The molecule has 2 aromatic heterocycles. The van der Waals surface area contributed by atoms with Crippen LogP contribution in [0, 0.1) is 0 Å². The highest BCUT2D eigenvalue weighted by atomic mass is 32.1. The molecule has 1 fully saturated rings. The Kier molecular flexibility index (Phi) is 3.66. The van der Waals surface area contributed by atoms with Crippen LogP contribution < -0.4 is 5.56 Å². The number of thiazole rings is 1. The second-order valence-electron chi connectivity index (χ2n) is 5.35.